The van der Waals surface area contributed by atoms with E-state index in [1.807, 2.05) is 6.08 Å². The minimum Gasteiger partial charge on any atom is -0.383 e. The van der Waals surface area contributed by atoms with E-state index in [0.29, 0.717) is 5.84 Å². The van der Waals surface area contributed by atoms with E-state index in [-0.39, 0.29) is 0 Å². The van der Waals surface area contributed by atoms with Crippen molar-refractivity contribution in [1.82, 2.24) is 0 Å². The van der Waals surface area contributed by atoms with Gasteiger partial charge in [-0.2, -0.15) is 0 Å². The van der Waals surface area contributed by atoms with Crippen molar-refractivity contribution in [2.75, 3.05) is 7.05 Å². The van der Waals surface area contributed by atoms with Crippen LogP contribution in [0.5, 0.6) is 0 Å². The average Bonchev–Trinajstić information content (AvgIpc) is 2.28. The number of hydrogen-bond donors (Lipinski definition) is 1. The molecule has 1 aromatic carbocycles. The normalized spacial score (nSPS) is 11.6. The molecule has 2 N–H and O–H groups in total. The molecule has 0 saturated heterocycles. The molecule has 0 radical (unpaired) electrons. The predicted molar refractivity (Wildman–Crippen MR) is 72.0 cm³/mol. The summed E-state index contributed by atoms with van der Waals surface area (Å²) in [5.74, 6) is 0.573. The van der Waals surface area contributed by atoms with Gasteiger partial charge in [-0.15, -0.1) is 0 Å². The molecule has 86 valence electrons. The Labute approximate surface area is 97.9 Å². The molecule has 0 fully saturated rings. The van der Waals surface area contributed by atoms with E-state index in [4.69, 9.17) is 5.73 Å². The maximum Gasteiger partial charge on any atom is 0.125 e. The van der Waals surface area contributed by atoms with E-state index in [2.05, 4.69) is 38.4 Å². The molecule has 0 aliphatic rings. The van der Waals surface area contributed by atoms with Gasteiger partial charge in [-0.3, -0.25) is 4.99 Å². The molecule has 0 aromatic heterocycles. The lowest BCUT2D eigenvalue weighted by Crippen LogP contribution is -2.16. The Hall–Kier alpha value is -1.57. The zero-order valence-corrected chi connectivity index (χ0v) is 10.6. The maximum atomic E-state index is 5.90. The molecule has 0 saturated carbocycles. The summed E-state index contributed by atoms with van der Waals surface area (Å²) in [4.78, 5) is 4.05. The average molecular weight is 216 g/mol. The van der Waals surface area contributed by atoms with Crippen LogP contribution < -0.4 is 5.73 Å². The minimum atomic E-state index is 0.573. The van der Waals surface area contributed by atoms with Gasteiger partial charge >= 0.3 is 0 Å². The van der Waals surface area contributed by atoms with Crippen LogP contribution >= 0.6 is 0 Å². The first-order valence-corrected chi connectivity index (χ1v) is 5.54. The Morgan fingerprint density at radius 3 is 2.56 bits per heavy atom. The molecular formula is C14H20N2. The van der Waals surface area contributed by atoms with Crippen LogP contribution in [-0.2, 0) is 6.42 Å². The summed E-state index contributed by atoms with van der Waals surface area (Å²) in [6.07, 6.45) is 2.89. The standard InChI is InChI=1S/C14H20N2/c1-6-11-9(3)8-13(14(15)16-5)12(7-2)10(11)4/h7-8H,2,6H2,1,3-5H3,(H2,15,16). The van der Waals surface area contributed by atoms with E-state index in [0.717, 1.165) is 17.5 Å². The largest absolute Gasteiger partial charge is 0.383 e. The van der Waals surface area contributed by atoms with Gasteiger partial charge in [0.05, 0.1) is 0 Å². The zero-order valence-electron chi connectivity index (χ0n) is 10.6. The Kier molecular flexibility index (Phi) is 3.88. The van der Waals surface area contributed by atoms with E-state index in [9.17, 15) is 0 Å². The Bertz CT molecular complexity index is 443. The van der Waals surface area contributed by atoms with Crippen LogP contribution in [0.3, 0.4) is 0 Å². The van der Waals surface area contributed by atoms with Crippen molar-refractivity contribution in [2.24, 2.45) is 10.7 Å². The first-order chi connectivity index (χ1) is 7.56. The van der Waals surface area contributed by atoms with Gasteiger partial charge in [-0.25, -0.2) is 0 Å². The number of aryl methyl sites for hydroxylation is 1. The molecule has 0 heterocycles. The highest BCUT2D eigenvalue weighted by molar-refractivity contribution is 6.01. The van der Waals surface area contributed by atoms with E-state index >= 15 is 0 Å². The number of hydrogen-bond acceptors (Lipinski definition) is 1. The monoisotopic (exact) mass is 216 g/mol. The molecule has 0 bridgehead atoms. The SMILES string of the molecule is C=Cc1c(C(N)=NC)cc(C)c(CC)c1C. The third kappa shape index (κ3) is 2.01. The predicted octanol–water partition coefficient (Wildman–Crippen LogP) is 2.84. The summed E-state index contributed by atoms with van der Waals surface area (Å²) in [7, 11) is 1.71. The third-order valence-electron chi connectivity index (χ3n) is 3.06. The summed E-state index contributed by atoms with van der Waals surface area (Å²) in [6.45, 7) is 10.3. The van der Waals surface area contributed by atoms with Gasteiger partial charge in [0.25, 0.3) is 0 Å². The summed E-state index contributed by atoms with van der Waals surface area (Å²) < 4.78 is 0. The highest BCUT2D eigenvalue weighted by Gasteiger charge is 2.11. The fourth-order valence-electron chi connectivity index (χ4n) is 2.18. The highest BCUT2D eigenvalue weighted by atomic mass is 14.8. The van der Waals surface area contributed by atoms with E-state index < -0.39 is 0 Å². The van der Waals surface area contributed by atoms with Crippen molar-refractivity contribution >= 4 is 11.9 Å². The smallest absolute Gasteiger partial charge is 0.125 e. The number of amidine groups is 1. The Morgan fingerprint density at radius 2 is 2.12 bits per heavy atom. The van der Waals surface area contributed by atoms with Crippen LogP contribution in [-0.4, -0.2) is 12.9 Å². The van der Waals surface area contributed by atoms with Gasteiger partial charge in [0, 0.05) is 12.6 Å². The highest BCUT2D eigenvalue weighted by Crippen LogP contribution is 2.24. The molecule has 16 heavy (non-hydrogen) atoms. The van der Waals surface area contributed by atoms with Crippen LogP contribution in [0.2, 0.25) is 0 Å². The second-order valence-corrected chi connectivity index (χ2v) is 3.92. The van der Waals surface area contributed by atoms with Crippen molar-refractivity contribution in [3.63, 3.8) is 0 Å². The van der Waals surface area contributed by atoms with Crippen LogP contribution in [0.15, 0.2) is 17.6 Å². The van der Waals surface area contributed by atoms with Crippen molar-refractivity contribution in [1.29, 1.82) is 0 Å². The molecule has 0 spiro atoms. The molecule has 1 aromatic rings. The maximum absolute atomic E-state index is 5.90. The molecule has 1 rings (SSSR count). The molecule has 2 nitrogen and oxygen atoms in total. The number of aliphatic imine (C=N–C) groups is 1. The Balaban J connectivity index is 3.59. The number of rotatable bonds is 3. The summed E-state index contributed by atoms with van der Waals surface area (Å²) in [6, 6.07) is 2.10. The minimum absolute atomic E-state index is 0.573. The van der Waals surface area contributed by atoms with Gasteiger partial charge in [-0.1, -0.05) is 19.6 Å². The van der Waals surface area contributed by atoms with Gasteiger partial charge in [0.2, 0.25) is 0 Å². The molecule has 0 atom stereocenters. The van der Waals surface area contributed by atoms with Crippen LogP contribution in [0.4, 0.5) is 0 Å². The number of nitrogens with zero attached hydrogens (tertiary/aromatic N) is 1. The third-order valence-corrected chi connectivity index (χ3v) is 3.06. The molecular weight excluding hydrogens is 196 g/mol. The van der Waals surface area contributed by atoms with Crippen LogP contribution in [0.25, 0.3) is 6.08 Å². The van der Waals surface area contributed by atoms with Crippen molar-refractivity contribution in [3.05, 3.63) is 40.5 Å². The molecule has 2 heteroatoms. The van der Waals surface area contributed by atoms with Crippen LogP contribution in [0, 0.1) is 13.8 Å². The molecule has 0 aliphatic carbocycles. The fraction of sp³-hybridized carbons (Fsp3) is 0.357. The van der Waals surface area contributed by atoms with Gasteiger partial charge < -0.3 is 5.73 Å². The summed E-state index contributed by atoms with van der Waals surface area (Å²) in [5, 5.41) is 0. The van der Waals surface area contributed by atoms with Crippen molar-refractivity contribution < 1.29 is 0 Å². The second-order valence-electron chi connectivity index (χ2n) is 3.92. The Morgan fingerprint density at radius 1 is 1.50 bits per heavy atom. The van der Waals surface area contributed by atoms with E-state index in [1.165, 1.54) is 16.7 Å². The zero-order chi connectivity index (χ0) is 12.3. The quantitative estimate of drug-likeness (QED) is 0.612. The van der Waals surface area contributed by atoms with Crippen LogP contribution in [0.1, 0.15) is 34.7 Å². The van der Waals surface area contributed by atoms with Crippen molar-refractivity contribution in [2.45, 2.75) is 27.2 Å². The summed E-state index contributed by atoms with van der Waals surface area (Å²) in [5.41, 5.74) is 11.9. The lowest BCUT2D eigenvalue weighted by Gasteiger charge is -2.15. The summed E-state index contributed by atoms with van der Waals surface area (Å²) >= 11 is 0. The number of benzene rings is 1. The fourth-order valence-corrected chi connectivity index (χ4v) is 2.18. The number of nitrogens with two attached hydrogens (primary N) is 1. The lowest BCUT2D eigenvalue weighted by molar-refractivity contribution is 1.07. The topological polar surface area (TPSA) is 38.4 Å². The van der Waals surface area contributed by atoms with Gasteiger partial charge in [0.15, 0.2) is 0 Å². The molecule has 0 unspecified atom stereocenters. The molecule has 0 amide bonds. The van der Waals surface area contributed by atoms with Crippen molar-refractivity contribution in [3.8, 4) is 0 Å². The second kappa shape index (κ2) is 4.97. The molecule has 0 aliphatic heterocycles. The van der Waals surface area contributed by atoms with Gasteiger partial charge in [-0.05, 0) is 48.6 Å². The van der Waals surface area contributed by atoms with Gasteiger partial charge in [0.1, 0.15) is 5.84 Å². The first-order valence-electron chi connectivity index (χ1n) is 5.54. The lowest BCUT2D eigenvalue weighted by atomic mass is 9.91. The van der Waals surface area contributed by atoms with E-state index in [1.54, 1.807) is 7.05 Å². The first kappa shape index (κ1) is 12.5.